The molecule has 32 heavy (non-hydrogen) atoms. The van der Waals surface area contributed by atoms with E-state index in [2.05, 4.69) is 16.8 Å². The van der Waals surface area contributed by atoms with Crippen LogP contribution < -0.4 is 11.2 Å². The molecule has 174 valence electrons. The zero-order chi connectivity index (χ0) is 24.2. The molecule has 12 heteroatoms. The van der Waals surface area contributed by atoms with Crippen molar-refractivity contribution in [2.24, 2.45) is 0 Å². The second-order valence-electron chi connectivity index (χ2n) is 7.53. The van der Waals surface area contributed by atoms with Gasteiger partial charge in [0.05, 0.1) is 0 Å². The van der Waals surface area contributed by atoms with E-state index in [1.165, 1.54) is 13.8 Å². The summed E-state index contributed by atoms with van der Waals surface area (Å²) in [5, 5.41) is 9.78. The summed E-state index contributed by atoms with van der Waals surface area (Å²) >= 11 is 0. The van der Waals surface area contributed by atoms with E-state index in [-0.39, 0.29) is 12.2 Å². The molecule has 0 saturated carbocycles. The number of hydrogen-bond donors (Lipinski definition) is 2. The predicted octanol–water partition coefficient (Wildman–Crippen LogP) is -1.02. The fourth-order valence-electron chi connectivity index (χ4n) is 2.90. The summed E-state index contributed by atoms with van der Waals surface area (Å²) in [7, 11) is 0. The molecule has 2 rings (SSSR count). The third-order valence-corrected chi connectivity index (χ3v) is 4.09. The molecular formula is C20H24N2O10. The number of aromatic amines is 1. The number of carbonyl (C=O) groups excluding carboxylic acids is 3. The first-order chi connectivity index (χ1) is 14.8. The molecule has 0 aromatic carbocycles. The summed E-state index contributed by atoms with van der Waals surface area (Å²) in [6.45, 7) is 5.85. The largest absolute Gasteiger partial charge is 0.463 e. The van der Waals surface area contributed by atoms with Crippen molar-refractivity contribution < 1.29 is 38.4 Å². The molecule has 4 atom stereocenters. The van der Waals surface area contributed by atoms with E-state index in [4.69, 9.17) is 18.9 Å². The van der Waals surface area contributed by atoms with Crippen LogP contribution in [-0.4, -0.2) is 63.1 Å². The minimum absolute atomic E-state index is 0.177. The maximum atomic E-state index is 12.5. The molecule has 2 heterocycles. The molecule has 0 radical (unpaired) electrons. The molecule has 0 bridgehead atoms. The van der Waals surface area contributed by atoms with E-state index in [0.29, 0.717) is 0 Å². The fourth-order valence-corrected chi connectivity index (χ4v) is 2.90. The molecular weight excluding hydrogens is 428 g/mol. The quantitative estimate of drug-likeness (QED) is 0.321. The SMILES string of the molecule is CC(=O)OC[C@H]1O[C@@H](n2cc(C#CC(C)(C)O)c(=O)[nH]c2=O)[C@H](OC(C)=O)[C@@H]1OC(C)=O. The first-order valence-electron chi connectivity index (χ1n) is 9.53. The Kier molecular flexibility index (Phi) is 7.60. The normalized spacial score (nSPS) is 22.4. The van der Waals surface area contributed by atoms with Gasteiger partial charge in [0.25, 0.3) is 5.56 Å². The van der Waals surface area contributed by atoms with Crippen molar-refractivity contribution >= 4 is 17.9 Å². The van der Waals surface area contributed by atoms with Crippen molar-refractivity contribution in [1.29, 1.82) is 0 Å². The maximum absolute atomic E-state index is 12.5. The van der Waals surface area contributed by atoms with Crippen LogP contribution in [0.4, 0.5) is 0 Å². The number of carbonyl (C=O) groups is 3. The van der Waals surface area contributed by atoms with Gasteiger partial charge in [0.1, 0.15) is 23.9 Å². The third-order valence-electron chi connectivity index (χ3n) is 4.09. The highest BCUT2D eigenvalue weighted by atomic mass is 16.7. The van der Waals surface area contributed by atoms with E-state index in [1.807, 2.05) is 0 Å². The second-order valence-corrected chi connectivity index (χ2v) is 7.53. The Hall–Kier alpha value is -3.43. The average molecular weight is 452 g/mol. The minimum atomic E-state index is -1.41. The fraction of sp³-hybridized carbons (Fsp3) is 0.550. The molecule has 1 aromatic heterocycles. The van der Waals surface area contributed by atoms with Crippen molar-refractivity contribution in [1.82, 2.24) is 9.55 Å². The lowest BCUT2D eigenvalue weighted by molar-refractivity contribution is -0.166. The van der Waals surface area contributed by atoms with Crippen LogP contribution in [0.25, 0.3) is 0 Å². The van der Waals surface area contributed by atoms with Crippen LogP contribution in [0.15, 0.2) is 15.8 Å². The van der Waals surface area contributed by atoms with Crippen LogP contribution in [0.2, 0.25) is 0 Å². The van der Waals surface area contributed by atoms with Crippen LogP contribution in [-0.2, 0) is 33.3 Å². The molecule has 0 amide bonds. The third kappa shape index (κ3) is 6.53. The summed E-state index contributed by atoms with van der Waals surface area (Å²) in [5.41, 5.74) is -3.31. The Balaban J connectivity index is 2.56. The Morgan fingerprint density at radius 3 is 2.25 bits per heavy atom. The van der Waals surface area contributed by atoms with E-state index in [1.54, 1.807) is 0 Å². The molecule has 1 saturated heterocycles. The van der Waals surface area contributed by atoms with Crippen molar-refractivity contribution in [3.8, 4) is 11.8 Å². The van der Waals surface area contributed by atoms with Crippen LogP contribution in [0, 0.1) is 11.8 Å². The first-order valence-corrected chi connectivity index (χ1v) is 9.53. The number of rotatable bonds is 5. The van der Waals surface area contributed by atoms with Gasteiger partial charge in [-0.05, 0) is 13.8 Å². The van der Waals surface area contributed by atoms with Crippen LogP contribution in [0.5, 0.6) is 0 Å². The van der Waals surface area contributed by atoms with Crippen molar-refractivity contribution in [2.75, 3.05) is 6.61 Å². The lowest BCUT2D eigenvalue weighted by Crippen LogP contribution is -2.42. The van der Waals surface area contributed by atoms with E-state index in [9.17, 15) is 29.1 Å². The Morgan fingerprint density at radius 2 is 1.72 bits per heavy atom. The number of ether oxygens (including phenoxy) is 4. The summed E-state index contributed by atoms with van der Waals surface area (Å²) in [6.07, 6.45) is -3.89. The first kappa shape index (κ1) is 24.8. The zero-order valence-electron chi connectivity index (χ0n) is 18.2. The lowest BCUT2D eigenvalue weighted by Gasteiger charge is -2.23. The van der Waals surface area contributed by atoms with Gasteiger partial charge in [-0.25, -0.2) is 4.79 Å². The van der Waals surface area contributed by atoms with Gasteiger partial charge in [-0.3, -0.25) is 28.7 Å². The summed E-state index contributed by atoms with van der Waals surface area (Å²) in [6, 6.07) is 0. The van der Waals surface area contributed by atoms with Gasteiger partial charge < -0.3 is 24.1 Å². The average Bonchev–Trinajstić information content (AvgIpc) is 2.94. The van der Waals surface area contributed by atoms with Gasteiger partial charge in [0, 0.05) is 27.0 Å². The Morgan fingerprint density at radius 1 is 1.12 bits per heavy atom. The van der Waals surface area contributed by atoms with Crippen LogP contribution in [0.1, 0.15) is 46.4 Å². The number of H-pyrrole nitrogens is 1. The predicted molar refractivity (Wildman–Crippen MR) is 106 cm³/mol. The van der Waals surface area contributed by atoms with Crippen molar-refractivity contribution in [3.63, 3.8) is 0 Å². The van der Waals surface area contributed by atoms with E-state index < -0.39 is 59.3 Å². The minimum Gasteiger partial charge on any atom is -0.463 e. The molecule has 0 spiro atoms. The number of nitrogens with one attached hydrogen (secondary N) is 1. The molecule has 0 aliphatic carbocycles. The zero-order valence-corrected chi connectivity index (χ0v) is 18.2. The number of esters is 3. The highest BCUT2D eigenvalue weighted by Crippen LogP contribution is 2.33. The molecule has 1 fully saturated rings. The van der Waals surface area contributed by atoms with Gasteiger partial charge in [0.2, 0.25) is 0 Å². The van der Waals surface area contributed by atoms with Gasteiger partial charge >= 0.3 is 23.6 Å². The number of nitrogens with zero attached hydrogens (tertiary/aromatic N) is 1. The van der Waals surface area contributed by atoms with E-state index in [0.717, 1.165) is 31.5 Å². The van der Waals surface area contributed by atoms with E-state index >= 15 is 0 Å². The Bertz CT molecular complexity index is 1070. The monoisotopic (exact) mass is 452 g/mol. The smallest absolute Gasteiger partial charge is 0.330 e. The molecule has 1 aliphatic rings. The van der Waals surface area contributed by atoms with Gasteiger partial charge in [-0.2, -0.15) is 0 Å². The molecule has 2 N–H and O–H groups in total. The number of hydrogen-bond acceptors (Lipinski definition) is 10. The Labute approximate surface area is 182 Å². The molecule has 1 aromatic rings. The van der Waals surface area contributed by atoms with Crippen molar-refractivity contribution in [3.05, 3.63) is 32.6 Å². The van der Waals surface area contributed by atoms with Gasteiger partial charge in [-0.1, -0.05) is 11.8 Å². The lowest BCUT2D eigenvalue weighted by atomic mass is 10.1. The highest BCUT2D eigenvalue weighted by Gasteiger charge is 2.51. The molecule has 0 unspecified atom stereocenters. The van der Waals surface area contributed by atoms with Crippen molar-refractivity contribution in [2.45, 2.75) is 64.8 Å². The van der Waals surface area contributed by atoms with Crippen LogP contribution in [0.3, 0.4) is 0 Å². The second kappa shape index (κ2) is 9.80. The standard InChI is InChI=1S/C20H24N2O10/c1-10(23)29-9-14-15(30-11(2)24)16(31-12(3)25)18(32-14)22-8-13(6-7-20(4,5)28)17(26)21-19(22)27/h8,14-16,18,28H,9H2,1-5H3,(H,21,26,27)/t14-,15-,16-,18-/m1/s1. The molecule has 12 nitrogen and oxygen atoms in total. The summed E-state index contributed by atoms with van der Waals surface area (Å²) in [4.78, 5) is 61.3. The number of aliphatic hydroxyl groups is 1. The van der Waals surface area contributed by atoms with Gasteiger partial charge in [-0.15, -0.1) is 0 Å². The number of aromatic nitrogens is 2. The topological polar surface area (TPSA) is 163 Å². The maximum Gasteiger partial charge on any atom is 0.330 e. The molecule has 1 aliphatic heterocycles. The highest BCUT2D eigenvalue weighted by molar-refractivity contribution is 5.68. The summed E-state index contributed by atoms with van der Waals surface area (Å²) in [5.74, 6) is 2.81. The van der Waals surface area contributed by atoms with Gasteiger partial charge in [0.15, 0.2) is 18.4 Å². The summed E-state index contributed by atoms with van der Waals surface area (Å²) < 4.78 is 22.1. The van der Waals surface area contributed by atoms with Crippen LogP contribution >= 0.6 is 0 Å².